The highest BCUT2D eigenvalue weighted by atomic mass is 16.6. The molecule has 0 saturated heterocycles. The summed E-state index contributed by atoms with van der Waals surface area (Å²) in [5, 5.41) is 14.6. The number of para-hydroxylation sites is 1. The van der Waals surface area contributed by atoms with Gasteiger partial charge in [-0.1, -0.05) is 26.8 Å². The molecule has 0 heterocycles. The van der Waals surface area contributed by atoms with Gasteiger partial charge in [0.15, 0.2) is 0 Å². The Morgan fingerprint density at radius 3 is 2.30 bits per heavy atom. The fraction of sp³-hybridized carbons (Fsp3) is 0.600. The van der Waals surface area contributed by atoms with Crippen LogP contribution in [0.2, 0.25) is 0 Å². The van der Waals surface area contributed by atoms with Crippen molar-refractivity contribution in [2.75, 3.05) is 29.9 Å². The molecule has 0 radical (unpaired) electrons. The maximum atomic E-state index is 11.5. The van der Waals surface area contributed by atoms with Gasteiger partial charge in [-0.3, -0.25) is 10.1 Å². The van der Waals surface area contributed by atoms with E-state index in [1.807, 2.05) is 19.1 Å². The van der Waals surface area contributed by atoms with Gasteiger partial charge in [0.05, 0.1) is 4.92 Å². The summed E-state index contributed by atoms with van der Waals surface area (Å²) >= 11 is 0. The van der Waals surface area contributed by atoms with E-state index < -0.39 is 0 Å². The minimum absolute atomic E-state index is 0.197. The zero-order valence-electron chi connectivity index (χ0n) is 12.7. The molecule has 0 fully saturated rings. The van der Waals surface area contributed by atoms with E-state index in [4.69, 9.17) is 0 Å². The van der Waals surface area contributed by atoms with Crippen LogP contribution >= 0.6 is 0 Å². The maximum absolute atomic E-state index is 11.5. The molecule has 20 heavy (non-hydrogen) atoms. The van der Waals surface area contributed by atoms with Crippen LogP contribution in [0, 0.1) is 10.1 Å². The van der Waals surface area contributed by atoms with E-state index in [9.17, 15) is 10.1 Å². The van der Waals surface area contributed by atoms with E-state index in [-0.39, 0.29) is 10.6 Å². The van der Waals surface area contributed by atoms with Gasteiger partial charge in [0.1, 0.15) is 11.4 Å². The van der Waals surface area contributed by atoms with Gasteiger partial charge in [-0.15, -0.1) is 0 Å². The van der Waals surface area contributed by atoms with E-state index in [1.54, 1.807) is 6.07 Å². The van der Waals surface area contributed by atoms with Crippen molar-refractivity contribution >= 4 is 17.1 Å². The predicted molar refractivity (Wildman–Crippen MR) is 84.7 cm³/mol. The third-order valence-corrected chi connectivity index (χ3v) is 3.09. The smallest absolute Gasteiger partial charge is 0.315 e. The molecule has 0 spiro atoms. The summed E-state index contributed by atoms with van der Waals surface area (Å²) in [6.45, 7) is 8.65. The van der Waals surface area contributed by atoms with Crippen molar-refractivity contribution in [3.8, 4) is 0 Å². The highest BCUT2D eigenvalue weighted by molar-refractivity contribution is 5.77. The second kappa shape index (κ2) is 8.40. The van der Waals surface area contributed by atoms with Gasteiger partial charge in [0, 0.05) is 19.6 Å². The van der Waals surface area contributed by atoms with Crippen molar-refractivity contribution in [3.05, 3.63) is 28.3 Å². The van der Waals surface area contributed by atoms with E-state index in [0.717, 1.165) is 44.6 Å². The Hall–Kier alpha value is -1.78. The fourth-order valence-electron chi connectivity index (χ4n) is 2.27. The van der Waals surface area contributed by atoms with Crippen molar-refractivity contribution in [1.29, 1.82) is 0 Å². The topological polar surface area (TPSA) is 58.4 Å². The first-order chi connectivity index (χ1) is 9.65. The summed E-state index contributed by atoms with van der Waals surface area (Å²) in [6.07, 6.45) is 2.89. The van der Waals surface area contributed by atoms with Gasteiger partial charge in [-0.2, -0.15) is 0 Å². The first-order valence-electron chi connectivity index (χ1n) is 7.41. The lowest BCUT2D eigenvalue weighted by atomic mass is 10.2. The Kier molecular flexibility index (Phi) is 6.84. The van der Waals surface area contributed by atoms with Gasteiger partial charge in [-0.25, -0.2) is 0 Å². The first-order valence-corrected chi connectivity index (χ1v) is 7.41. The molecule has 0 aliphatic rings. The standard InChI is InChI=1S/C15H25N3O2/c1-4-10-16-13-8-7-9-14(15(13)18(19)20)17(11-5-2)12-6-3/h7-9,16H,4-6,10-12H2,1-3H3. The third-order valence-electron chi connectivity index (χ3n) is 3.09. The molecule has 0 unspecified atom stereocenters. The third kappa shape index (κ3) is 4.11. The van der Waals surface area contributed by atoms with Crippen LogP contribution in [-0.2, 0) is 0 Å². The monoisotopic (exact) mass is 279 g/mol. The molecule has 0 bridgehead atoms. The van der Waals surface area contributed by atoms with E-state index >= 15 is 0 Å². The number of nitro benzene ring substituents is 1. The molecule has 0 saturated carbocycles. The molecule has 0 atom stereocenters. The molecule has 0 aliphatic carbocycles. The van der Waals surface area contributed by atoms with Crippen LogP contribution < -0.4 is 10.2 Å². The average molecular weight is 279 g/mol. The van der Waals surface area contributed by atoms with Crippen LogP contribution in [0.3, 0.4) is 0 Å². The Labute approximate surface area is 121 Å². The Morgan fingerprint density at radius 2 is 1.80 bits per heavy atom. The van der Waals surface area contributed by atoms with Crippen LogP contribution in [0.25, 0.3) is 0 Å². The summed E-state index contributed by atoms with van der Waals surface area (Å²) in [4.78, 5) is 13.3. The largest absolute Gasteiger partial charge is 0.379 e. The lowest BCUT2D eigenvalue weighted by Crippen LogP contribution is -2.26. The van der Waals surface area contributed by atoms with Crippen molar-refractivity contribution in [3.63, 3.8) is 0 Å². The number of nitrogens with zero attached hydrogens (tertiary/aromatic N) is 2. The van der Waals surface area contributed by atoms with E-state index in [1.165, 1.54) is 0 Å². The minimum Gasteiger partial charge on any atom is -0.379 e. The molecular weight excluding hydrogens is 254 g/mol. The molecule has 5 heteroatoms. The van der Waals surface area contributed by atoms with Crippen molar-refractivity contribution < 1.29 is 4.92 Å². The number of rotatable bonds is 9. The van der Waals surface area contributed by atoms with Crippen molar-refractivity contribution in [2.45, 2.75) is 40.0 Å². The van der Waals surface area contributed by atoms with Gasteiger partial charge >= 0.3 is 5.69 Å². The lowest BCUT2D eigenvalue weighted by molar-refractivity contribution is -0.383. The molecule has 1 rings (SSSR count). The molecule has 5 nitrogen and oxygen atoms in total. The first kappa shape index (κ1) is 16.3. The van der Waals surface area contributed by atoms with Gasteiger partial charge in [0.2, 0.25) is 0 Å². The molecular formula is C15H25N3O2. The molecule has 112 valence electrons. The second-order valence-electron chi connectivity index (χ2n) is 4.84. The van der Waals surface area contributed by atoms with Crippen LogP contribution in [0.5, 0.6) is 0 Å². The van der Waals surface area contributed by atoms with Crippen LogP contribution in [0.4, 0.5) is 17.1 Å². The molecule has 1 N–H and O–H groups in total. The molecule has 1 aromatic rings. The second-order valence-corrected chi connectivity index (χ2v) is 4.84. The van der Waals surface area contributed by atoms with Crippen LogP contribution in [0.15, 0.2) is 18.2 Å². The highest BCUT2D eigenvalue weighted by Gasteiger charge is 2.22. The van der Waals surface area contributed by atoms with E-state index in [2.05, 4.69) is 24.1 Å². The van der Waals surface area contributed by atoms with Gasteiger partial charge < -0.3 is 10.2 Å². The maximum Gasteiger partial charge on any atom is 0.315 e. The Bertz CT molecular complexity index is 429. The minimum atomic E-state index is -0.272. The number of nitro groups is 1. The molecule has 0 aromatic heterocycles. The predicted octanol–water partition coefficient (Wildman–Crippen LogP) is 4.04. The summed E-state index contributed by atoms with van der Waals surface area (Å²) in [6, 6.07) is 5.52. The number of hydrogen-bond acceptors (Lipinski definition) is 4. The Balaban J connectivity index is 3.18. The number of anilines is 2. The molecule has 1 aromatic carbocycles. The van der Waals surface area contributed by atoms with Gasteiger partial charge in [0.25, 0.3) is 0 Å². The fourth-order valence-corrected chi connectivity index (χ4v) is 2.27. The molecule has 0 amide bonds. The van der Waals surface area contributed by atoms with Crippen molar-refractivity contribution in [1.82, 2.24) is 0 Å². The highest BCUT2D eigenvalue weighted by Crippen LogP contribution is 2.35. The zero-order chi connectivity index (χ0) is 15.0. The number of nitrogens with one attached hydrogen (secondary N) is 1. The van der Waals surface area contributed by atoms with Gasteiger partial charge in [-0.05, 0) is 31.4 Å². The zero-order valence-corrected chi connectivity index (χ0v) is 12.7. The summed E-state index contributed by atoms with van der Waals surface area (Å²) < 4.78 is 0. The average Bonchev–Trinajstić information content (AvgIpc) is 2.44. The molecule has 0 aliphatic heterocycles. The quantitative estimate of drug-likeness (QED) is 0.547. The number of benzene rings is 1. The van der Waals surface area contributed by atoms with Crippen LogP contribution in [-0.4, -0.2) is 24.6 Å². The number of hydrogen-bond donors (Lipinski definition) is 1. The van der Waals surface area contributed by atoms with E-state index in [0.29, 0.717) is 5.69 Å². The van der Waals surface area contributed by atoms with Crippen LogP contribution in [0.1, 0.15) is 40.0 Å². The summed E-state index contributed by atoms with van der Waals surface area (Å²) in [5.74, 6) is 0. The van der Waals surface area contributed by atoms with Crippen molar-refractivity contribution in [2.24, 2.45) is 0 Å². The Morgan fingerprint density at radius 1 is 1.15 bits per heavy atom. The summed E-state index contributed by atoms with van der Waals surface area (Å²) in [5.41, 5.74) is 1.54. The normalized spacial score (nSPS) is 10.3. The SMILES string of the molecule is CCCNc1cccc(N(CCC)CCC)c1[N+](=O)[O-]. The lowest BCUT2D eigenvalue weighted by Gasteiger charge is -2.24. The summed E-state index contributed by atoms with van der Waals surface area (Å²) in [7, 11) is 0.